The minimum absolute atomic E-state index is 0.709. The molecular weight excluding hydrogens is 659 g/mol. The molecule has 0 radical (unpaired) electrons. The quantitative estimate of drug-likeness (QED) is 0.156. The van der Waals surface area contributed by atoms with Crippen molar-refractivity contribution in [1.29, 1.82) is 0 Å². The molecule has 0 spiro atoms. The highest BCUT2D eigenvalue weighted by Gasteiger charge is 2.28. The number of aromatic nitrogens is 3. The zero-order valence-electron chi connectivity index (χ0n) is 29.5. The van der Waals surface area contributed by atoms with E-state index in [1.54, 1.807) is 6.33 Å². The van der Waals surface area contributed by atoms with Crippen LogP contribution in [0.4, 0.5) is 22.7 Å². The molecule has 0 saturated heterocycles. The van der Waals surface area contributed by atoms with Gasteiger partial charge in [0.15, 0.2) is 0 Å². The Balaban J connectivity index is 1.22. The number of hydrogen-bond acceptors (Lipinski definition) is 4. The van der Waals surface area contributed by atoms with E-state index in [4.69, 9.17) is 4.98 Å². The van der Waals surface area contributed by atoms with Crippen molar-refractivity contribution in [3.63, 3.8) is 0 Å². The van der Waals surface area contributed by atoms with Gasteiger partial charge in [-0.3, -0.25) is 4.57 Å². The molecule has 1 aliphatic heterocycles. The summed E-state index contributed by atoms with van der Waals surface area (Å²) in [6, 6.07) is 67.4. The van der Waals surface area contributed by atoms with Gasteiger partial charge in [0.05, 0.1) is 22.4 Å². The van der Waals surface area contributed by atoms with Crippen molar-refractivity contribution in [2.45, 2.75) is 0 Å². The smallest absolute Gasteiger partial charge is 0.140 e. The highest BCUT2D eigenvalue weighted by Crippen LogP contribution is 2.46. The fourth-order valence-corrected chi connectivity index (χ4v) is 8.00. The van der Waals surface area contributed by atoms with Gasteiger partial charge in [-0.15, -0.1) is 0 Å². The highest BCUT2D eigenvalue weighted by atomic mass is 15.4. The van der Waals surface area contributed by atoms with Gasteiger partial charge in [0.1, 0.15) is 18.8 Å². The molecule has 0 saturated carbocycles. The molecule has 9 aromatic rings. The maximum atomic E-state index is 4.72. The average Bonchev–Trinajstić information content (AvgIpc) is 3.80. The molecule has 0 fully saturated rings. The molecule has 1 aliphatic rings. The molecule has 0 bridgehead atoms. The van der Waals surface area contributed by atoms with E-state index in [2.05, 4.69) is 201 Å². The zero-order valence-corrected chi connectivity index (χ0v) is 29.5. The van der Waals surface area contributed by atoms with Crippen LogP contribution >= 0.6 is 0 Å². The van der Waals surface area contributed by atoms with Crippen LogP contribution in [0.2, 0.25) is 0 Å². The van der Waals surface area contributed by atoms with Gasteiger partial charge in [0, 0.05) is 28.3 Å². The summed E-state index contributed by atoms with van der Waals surface area (Å²) >= 11 is 0. The lowest BCUT2D eigenvalue weighted by atomic mass is 9.85. The summed E-state index contributed by atoms with van der Waals surface area (Å²) in [6.45, 7) is 0.709. The second-order valence-electron chi connectivity index (χ2n) is 13.5. The number of anilines is 4. The van der Waals surface area contributed by atoms with E-state index in [1.807, 2.05) is 12.3 Å². The van der Waals surface area contributed by atoms with E-state index >= 15 is 0 Å². The van der Waals surface area contributed by atoms with Crippen LogP contribution in [0.25, 0.3) is 38.8 Å². The summed E-state index contributed by atoms with van der Waals surface area (Å²) < 4.78 is 2.26. The van der Waals surface area contributed by atoms with Crippen molar-refractivity contribution in [2.75, 3.05) is 16.5 Å². The Morgan fingerprint density at radius 1 is 0.426 bits per heavy atom. The summed E-state index contributed by atoms with van der Waals surface area (Å²) in [5, 5.41) is 2.36. The highest BCUT2D eigenvalue weighted by molar-refractivity contribution is 6.12. The summed E-state index contributed by atoms with van der Waals surface area (Å²) in [4.78, 5) is 13.8. The molecule has 5 heteroatoms. The lowest BCUT2D eigenvalue weighted by molar-refractivity contribution is 0.991. The molecular formula is C49H35N5. The summed E-state index contributed by atoms with van der Waals surface area (Å²) in [5.74, 6) is 0.836. The number of para-hydroxylation sites is 4. The Morgan fingerprint density at radius 3 is 1.69 bits per heavy atom. The van der Waals surface area contributed by atoms with Gasteiger partial charge >= 0.3 is 0 Å². The van der Waals surface area contributed by atoms with Crippen molar-refractivity contribution >= 4 is 55.7 Å². The van der Waals surface area contributed by atoms with Crippen LogP contribution in [0.15, 0.2) is 201 Å². The van der Waals surface area contributed by atoms with Crippen molar-refractivity contribution in [3.8, 4) is 5.82 Å². The lowest BCUT2D eigenvalue weighted by Gasteiger charge is -2.24. The zero-order chi connectivity index (χ0) is 35.8. The second-order valence-corrected chi connectivity index (χ2v) is 13.5. The van der Waals surface area contributed by atoms with E-state index in [0.29, 0.717) is 6.67 Å². The molecule has 0 amide bonds. The normalized spacial score (nSPS) is 12.3. The number of fused-ring (bicyclic) bond motifs is 4. The Kier molecular flexibility index (Phi) is 7.81. The molecule has 54 heavy (non-hydrogen) atoms. The molecule has 0 atom stereocenters. The minimum Gasteiger partial charge on any atom is -0.321 e. The van der Waals surface area contributed by atoms with Crippen LogP contribution in [0.1, 0.15) is 22.3 Å². The first-order chi connectivity index (χ1) is 26.8. The number of rotatable bonds is 7. The Morgan fingerprint density at radius 2 is 0.981 bits per heavy atom. The van der Waals surface area contributed by atoms with Gasteiger partial charge in [0.2, 0.25) is 0 Å². The van der Waals surface area contributed by atoms with Crippen LogP contribution in [0.5, 0.6) is 0 Å². The summed E-state index contributed by atoms with van der Waals surface area (Å²) in [6.07, 6.45) is 3.43. The van der Waals surface area contributed by atoms with Crippen LogP contribution < -0.4 is 9.80 Å². The van der Waals surface area contributed by atoms with Crippen LogP contribution in [-0.4, -0.2) is 21.2 Å². The first-order valence-electron chi connectivity index (χ1n) is 18.3. The van der Waals surface area contributed by atoms with Crippen LogP contribution in [0.3, 0.4) is 0 Å². The minimum atomic E-state index is 0.709. The molecule has 3 heterocycles. The number of benzene rings is 7. The Bertz CT molecular complexity index is 2750. The largest absolute Gasteiger partial charge is 0.321 e. The summed E-state index contributed by atoms with van der Waals surface area (Å²) in [5.41, 5.74) is 13.8. The van der Waals surface area contributed by atoms with Crippen molar-refractivity contribution in [2.24, 2.45) is 0 Å². The van der Waals surface area contributed by atoms with Crippen LogP contribution in [0, 0.1) is 0 Å². The van der Waals surface area contributed by atoms with Gasteiger partial charge < -0.3 is 9.80 Å². The predicted molar refractivity (Wildman–Crippen MR) is 223 cm³/mol. The second kappa shape index (κ2) is 13.4. The fourth-order valence-electron chi connectivity index (χ4n) is 8.00. The van der Waals surface area contributed by atoms with E-state index in [-0.39, 0.29) is 0 Å². The van der Waals surface area contributed by atoms with E-state index in [1.165, 1.54) is 33.4 Å². The molecule has 7 aromatic carbocycles. The third-order valence-electron chi connectivity index (χ3n) is 10.4. The van der Waals surface area contributed by atoms with Gasteiger partial charge in [0.25, 0.3) is 0 Å². The van der Waals surface area contributed by atoms with Gasteiger partial charge in [-0.2, -0.15) is 0 Å². The topological polar surface area (TPSA) is 37.2 Å². The van der Waals surface area contributed by atoms with Crippen LogP contribution in [-0.2, 0) is 0 Å². The molecule has 256 valence electrons. The van der Waals surface area contributed by atoms with Gasteiger partial charge in [-0.05, 0) is 88.0 Å². The fraction of sp³-hybridized carbons (Fsp3) is 0.0204. The number of nitrogens with zero attached hydrogens (tertiary/aromatic N) is 5. The van der Waals surface area contributed by atoms with Crippen molar-refractivity contribution in [1.82, 2.24) is 14.5 Å². The molecule has 0 N–H and O–H groups in total. The van der Waals surface area contributed by atoms with Crippen molar-refractivity contribution < 1.29 is 0 Å². The summed E-state index contributed by atoms with van der Waals surface area (Å²) in [7, 11) is 0. The van der Waals surface area contributed by atoms with Gasteiger partial charge in [-0.1, -0.05) is 133 Å². The van der Waals surface area contributed by atoms with Crippen molar-refractivity contribution in [3.05, 3.63) is 223 Å². The third-order valence-corrected chi connectivity index (χ3v) is 10.4. The van der Waals surface area contributed by atoms with E-state index in [0.717, 1.165) is 50.4 Å². The molecule has 10 rings (SSSR count). The third kappa shape index (κ3) is 5.42. The lowest BCUT2D eigenvalue weighted by Crippen LogP contribution is -2.23. The maximum Gasteiger partial charge on any atom is 0.140 e. The van der Waals surface area contributed by atoms with E-state index < -0.39 is 0 Å². The molecule has 2 aromatic heterocycles. The Labute approximate surface area is 314 Å². The Hall–Kier alpha value is -7.24. The van der Waals surface area contributed by atoms with Gasteiger partial charge in [-0.25, -0.2) is 9.97 Å². The SMILES string of the molecule is c1ccc(C(=C(c2cccc(N3CN(c4ccccc4)c4ccccc43)c2)c2ccc3c4ccccc4n(-c4ccncn4)c3c2)c2ccccc2)cc1. The number of hydrogen-bond donors (Lipinski definition) is 0. The average molecular weight is 694 g/mol. The first kappa shape index (κ1) is 31.5. The first-order valence-corrected chi connectivity index (χ1v) is 18.3. The van der Waals surface area contributed by atoms with E-state index in [9.17, 15) is 0 Å². The predicted octanol–water partition coefficient (Wildman–Crippen LogP) is 11.8. The monoisotopic (exact) mass is 693 g/mol. The molecule has 0 unspecified atom stereocenters. The molecule has 0 aliphatic carbocycles. The standard InChI is InChI=1S/C49H35N5/c1-4-15-35(16-5-1)48(36-17-6-2-7-18-36)49(38-27-28-42-41-23-10-11-24-43(41)54(46(42)32-38)47-29-30-50-33-51-47)37-19-14-22-40(31-37)53-34-52(39-20-8-3-9-21-39)44-25-12-13-26-45(44)53/h1-33H,34H2. The molecule has 5 nitrogen and oxygen atoms in total. The maximum absolute atomic E-state index is 4.72.